The van der Waals surface area contributed by atoms with E-state index in [9.17, 15) is 0 Å². The Morgan fingerprint density at radius 2 is 1.76 bits per heavy atom. The molecule has 0 bridgehead atoms. The van der Waals surface area contributed by atoms with Crippen LogP contribution in [0, 0.1) is 0 Å². The van der Waals surface area contributed by atoms with Crippen molar-refractivity contribution < 1.29 is 0 Å². The predicted molar refractivity (Wildman–Crippen MR) is 65.7 cm³/mol. The zero-order valence-electron chi connectivity index (χ0n) is 9.59. The lowest BCUT2D eigenvalue weighted by molar-refractivity contribution is 0.740. The highest BCUT2D eigenvalue weighted by atomic mass is 15.0. The normalized spacial score (nSPS) is 11.2. The van der Waals surface area contributed by atoms with Gasteiger partial charge >= 0.3 is 0 Å². The van der Waals surface area contributed by atoms with Crippen LogP contribution in [0.15, 0.2) is 49.1 Å². The molecule has 0 saturated heterocycles. The van der Waals surface area contributed by atoms with E-state index in [2.05, 4.69) is 27.1 Å². The molecule has 0 saturated carbocycles. The largest absolute Gasteiger partial charge is 0.364 e. The molecule has 0 aliphatic carbocycles. The van der Waals surface area contributed by atoms with Crippen molar-refractivity contribution in [1.82, 2.24) is 19.5 Å². The van der Waals surface area contributed by atoms with Gasteiger partial charge in [-0.25, -0.2) is 4.98 Å². The fourth-order valence-corrected chi connectivity index (χ4v) is 2.15. The second-order valence-corrected chi connectivity index (χ2v) is 4.08. The highest BCUT2D eigenvalue weighted by Crippen LogP contribution is 2.28. The number of hydrogen-bond donors (Lipinski definition) is 2. The fourth-order valence-electron chi connectivity index (χ4n) is 2.15. The summed E-state index contributed by atoms with van der Waals surface area (Å²) >= 11 is 0. The molecule has 4 heteroatoms. The molecule has 0 aliphatic heterocycles. The molecule has 0 atom stereocenters. The van der Waals surface area contributed by atoms with Crippen molar-refractivity contribution in [1.29, 1.82) is 0 Å². The van der Waals surface area contributed by atoms with Gasteiger partial charge in [-0.3, -0.25) is 0 Å². The van der Waals surface area contributed by atoms with Crippen molar-refractivity contribution >= 4 is 0 Å². The van der Waals surface area contributed by atoms with Crippen molar-refractivity contribution in [2.75, 3.05) is 0 Å². The summed E-state index contributed by atoms with van der Waals surface area (Å²) in [4.78, 5) is 11.0. The summed E-state index contributed by atoms with van der Waals surface area (Å²) < 4.78 is 2.05. The van der Waals surface area contributed by atoms with E-state index in [4.69, 9.17) is 0 Å². The van der Waals surface area contributed by atoms with Crippen LogP contribution in [-0.2, 0) is 7.05 Å². The summed E-state index contributed by atoms with van der Waals surface area (Å²) in [5, 5.41) is 0. The number of H-pyrrole nitrogens is 2. The highest BCUT2D eigenvalue weighted by molar-refractivity contribution is 5.31. The van der Waals surface area contributed by atoms with Crippen LogP contribution < -0.4 is 0 Å². The number of nitrogens with zero attached hydrogens (tertiary/aromatic N) is 2. The maximum absolute atomic E-state index is 4.45. The van der Waals surface area contributed by atoms with Gasteiger partial charge in [0.25, 0.3) is 0 Å². The molecule has 3 aromatic rings. The van der Waals surface area contributed by atoms with Gasteiger partial charge in [0.15, 0.2) is 0 Å². The first-order chi connectivity index (χ1) is 8.36. The Morgan fingerprint density at radius 3 is 2.18 bits per heavy atom. The number of hydrogen-bond acceptors (Lipinski definition) is 1. The molecule has 0 fully saturated rings. The van der Waals surface area contributed by atoms with Gasteiger partial charge in [0.05, 0.1) is 5.92 Å². The van der Waals surface area contributed by atoms with E-state index >= 15 is 0 Å². The van der Waals surface area contributed by atoms with Crippen LogP contribution >= 0.6 is 0 Å². The molecule has 0 amide bonds. The van der Waals surface area contributed by atoms with E-state index in [0.29, 0.717) is 0 Å². The minimum Gasteiger partial charge on any atom is -0.364 e. The molecule has 17 heavy (non-hydrogen) atoms. The summed E-state index contributed by atoms with van der Waals surface area (Å²) in [5.74, 6) is 1.15. The number of aromatic nitrogens is 4. The number of aryl methyl sites for hydroxylation is 1. The van der Waals surface area contributed by atoms with Crippen molar-refractivity contribution in [2.24, 2.45) is 7.05 Å². The van der Waals surface area contributed by atoms with Crippen molar-refractivity contribution in [3.63, 3.8) is 0 Å². The quantitative estimate of drug-likeness (QED) is 0.707. The minimum absolute atomic E-state index is 0.125. The van der Waals surface area contributed by atoms with Gasteiger partial charge in [-0.1, -0.05) is 0 Å². The number of imidazole rings is 1. The van der Waals surface area contributed by atoms with Gasteiger partial charge in [0, 0.05) is 43.2 Å². The number of aromatic amines is 2. The van der Waals surface area contributed by atoms with Crippen LogP contribution in [0.1, 0.15) is 23.1 Å². The van der Waals surface area contributed by atoms with Crippen LogP contribution in [0.5, 0.6) is 0 Å². The Kier molecular flexibility index (Phi) is 2.33. The maximum Gasteiger partial charge on any atom is 0.123 e. The molecule has 2 N–H and O–H groups in total. The standard InChI is InChI=1S/C13H14N4/c1-17-9-8-16-13(17)12(10-4-2-6-14-10)11-5-3-7-15-11/h2-9,12,14-15H,1H3. The molecule has 0 radical (unpaired) electrons. The third-order valence-corrected chi connectivity index (χ3v) is 2.98. The second-order valence-electron chi connectivity index (χ2n) is 4.08. The molecule has 3 aromatic heterocycles. The summed E-state index contributed by atoms with van der Waals surface area (Å²) in [6, 6.07) is 8.18. The first kappa shape index (κ1) is 9.96. The molecule has 4 nitrogen and oxygen atoms in total. The SMILES string of the molecule is Cn1ccnc1C(c1ccc[nH]1)c1ccc[nH]1. The van der Waals surface area contributed by atoms with E-state index in [1.807, 2.05) is 48.5 Å². The molecule has 0 aromatic carbocycles. The zero-order valence-corrected chi connectivity index (χ0v) is 9.59. The Labute approximate surface area is 99.3 Å². The van der Waals surface area contributed by atoms with E-state index < -0.39 is 0 Å². The molecule has 3 heterocycles. The van der Waals surface area contributed by atoms with Gasteiger partial charge in [0.2, 0.25) is 0 Å². The Morgan fingerprint density at radius 1 is 1.12 bits per heavy atom. The Hall–Kier alpha value is -2.23. The fraction of sp³-hybridized carbons (Fsp3) is 0.154. The molecule has 3 rings (SSSR count). The van der Waals surface area contributed by atoms with Crippen molar-refractivity contribution in [2.45, 2.75) is 5.92 Å². The number of rotatable bonds is 3. The van der Waals surface area contributed by atoms with Crippen LogP contribution in [0.3, 0.4) is 0 Å². The average Bonchev–Trinajstić information content (AvgIpc) is 3.04. The molecular weight excluding hydrogens is 212 g/mol. The van der Waals surface area contributed by atoms with Crippen LogP contribution in [0.25, 0.3) is 0 Å². The van der Waals surface area contributed by atoms with E-state index in [0.717, 1.165) is 17.2 Å². The lowest BCUT2D eigenvalue weighted by Gasteiger charge is -2.14. The van der Waals surface area contributed by atoms with Crippen molar-refractivity contribution in [3.05, 3.63) is 66.3 Å². The highest BCUT2D eigenvalue weighted by Gasteiger charge is 2.21. The van der Waals surface area contributed by atoms with Gasteiger partial charge in [0.1, 0.15) is 5.82 Å². The average molecular weight is 226 g/mol. The Balaban J connectivity index is 2.13. The summed E-state index contributed by atoms with van der Waals surface area (Å²) in [6.45, 7) is 0. The van der Waals surface area contributed by atoms with Gasteiger partial charge in [-0.15, -0.1) is 0 Å². The first-order valence-electron chi connectivity index (χ1n) is 5.60. The van der Waals surface area contributed by atoms with E-state index in [-0.39, 0.29) is 5.92 Å². The van der Waals surface area contributed by atoms with Gasteiger partial charge in [-0.05, 0) is 24.3 Å². The summed E-state index contributed by atoms with van der Waals surface area (Å²) in [5.41, 5.74) is 2.28. The molecule has 86 valence electrons. The minimum atomic E-state index is 0.125. The van der Waals surface area contributed by atoms with E-state index in [1.165, 1.54) is 0 Å². The van der Waals surface area contributed by atoms with Crippen LogP contribution in [-0.4, -0.2) is 19.5 Å². The number of nitrogens with one attached hydrogen (secondary N) is 2. The van der Waals surface area contributed by atoms with Gasteiger partial charge < -0.3 is 14.5 Å². The molecule has 0 spiro atoms. The van der Waals surface area contributed by atoms with Crippen LogP contribution in [0.2, 0.25) is 0 Å². The summed E-state index contributed by atoms with van der Waals surface area (Å²) in [6.07, 6.45) is 7.67. The van der Waals surface area contributed by atoms with Crippen LogP contribution in [0.4, 0.5) is 0 Å². The lowest BCUT2D eigenvalue weighted by Crippen LogP contribution is -2.10. The second kappa shape index (κ2) is 3.97. The maximum atomic E-state index is 4.45. The molecule has 0 aliphatic rings. The predicted octanol–water partition coefficient (Wildman–Crippen LogP) is 2.26. The smallest absolute Gasteiger partial charge is 0.123 e. The molecule has 0 unspecified atom stereocenters. The lowest BCUT2D eigenvalue weighted by atomic mass is 10.0. The summed E-state index contributed by atoms with van der Waals surface area (Å²) in [7, 11) is 2.02. The zero-order chi connectivity index (χ0) is 11.7. The van der Waals surface area contributed by atoms with E-state index in [1.54, 1.807) is 0 Å². The third kappa shape index (κ3) is 1.67. The Bertz CT molecular complexity index is 541. The topological polar surface area (TPSA) is 49.4 Å². The molecular formula is C13H14N4. The monoisotopic (exact) mass is 226 g/mol. The van der Waals surface area contributed by atoms with Crippen molar-refractivity contribution in [3.8, 4) is 0 Å². The third-order valence-electron chi connectivity index (χ3n) is 2.98. The first-order valence-corrected chi connectivity index (χ1v) is 5.60. The van der Waals surface area contributed by atoms with Gasteiger partial charge in [-0.2, -0.15) is 0 Å².